The number of hydrogen-bond acceptors (Lipinski definition) is 2. The fourth-order valence-corrected chi connectivity index (χ4v) is 2.21. The molecule has 0 radical (unpaired) electrons. The number of carbonyl (C=O) groups excluding carboxylic acids is 2. The van der Waals surface area contributed by atoms with E-state index in [-0.39, 0.29) is 11.7 Å². The second-order valence-corrected chi connectivity index (χ2v) is 4.34. The summed E-state index contributed by atoms with van der Waals surface area (Å²) < 4.78 is 0. The van der Waals surface area contributed by atoms with Crippen molar-refractivity contribution in [3.8, 4) is 0 Å². The number of carbonyl (C=O) groups is 2. The smallest absolute Gasteiger partial charge is 0.226 e. The number of amides is 1. The number of nitrogens with zero attached hydrogens (tertiary/aromatic N) is 1. The molecule has 0 unspecified atom stereocenters. The average molecular weight is 231 g/mol. The van der Waals surface area contributed by atoms with Gasteiger partial charge in [0.05, 0.1) is 5.69 Å². The van der Waals surface area contributed by atoms with Crippen LogP contribution in [-0.2, 0) is 4.79 Å². The number of hydrogen-bond donors (Lipinski definition) is 0. The lowest BCUT2D eigenvalue weighted by Gasteiger charge is -2.22. The van der Waals surface area contributed by atoms with E-state index in [2.05, 4.69) is 0 Å². The van der Waals surface area contributed by atoms with Crippen molar-refractivity contribution in [3.05, 3.63) is 29.8 Å². The number of Topliss-reactive ketones (excluding diaryl/α,β-unsaturated/α-hetero) is 1. The third-order valence-electron chi connectivity index (χ3n) is 3.05. The Morgan fingerprint density at radius 3 is 2.88 bits per heavy atom. The highest BCUT2D eigenvalue weighted by Gasteiger charge is 2.23. The molecule has 17 heavy (non-hydrogen) atoms. The predicted molar refractivity (Wildman–Crippen MR) is 67.3 cm³/mol. The number of rotatable bonds is 2. The maximum atomic E-state index is 12.0. The largest absolute Gasteiger partial charge is 0.312 e. The van der Waals surface area contributed by atoms with Crippen LogP contribution in [0.25, 0.3) is 0 Å². The highest BCUT2D eigenvalue weighted by molar-refractivity contribution is 6.06. The molecule has 0 bridgehead atoms. The van der Waals surface area contributed by atoms with Crippen LogP contribution in [0.5, 0.6) is 0 Å². The van der Waals surface area contributed by atoms with Crippen LogP contribution in [0.1, 0.15) is 43.0 Å². The van der Waals surface area contributed by atoms with Crippen molar-refractivity contribution in [3.63, 3.8) is 0 Å². The fraction of sp³-hybridized carbons (Fsp3) is 0.429. The van der Waals surface area contributed by atoms with Crippen LogP contribution >= 0.6 is 0 Å². The third-order valence-corrected chi connectivity index (χ3v) is 3.05. The number of ketones is 1. The van der Waals surface area contributed by atoms with Gasteiger partial charge in [0.1, 0.15) is 0 Å². The van der Waals surface area contributed by atoms with Gasteiger partial charge in [0.2, 0.25) is 5.91 Å². The van der Waals surface area contributed by atoms with Crippen LogP contribution in [0.15, 0.2) is 24.3 Å². The molecule has 0 saturated heterocycles. The second-order valence-electron chi connectivity index (χ2n) is 4.34. The summed E-state index contributed by atoms with van der Waals surface area (Å²) in [5.41, 5.74) is 1.47. The molecule has 3 nitrogen and oxygen atoms in total. The van der Waals surface area contributed by atoms with Gasteiger partial charge in [-0.15, -0.1) is 0 Å². The molecule has 1 aliphatic heterocycles. The van der Waals surface area contributed by atoms with Gasteiger partial charge in [-0.3, -0.25) is 9.59 Å². The number of para-hydroxylation sites is 1. The van der Waals surface area contributed by atoms with Crippen LogP contribution in [0.3, 0.4) is 0 Å². The topological polar surface area (TPSA) is 37.4 Å². The summed E-state index contributed by atoms with van der Waals surface area (Å²) in [4.78, 5) is 25.7. The summed E-state index contributed by atoms with van der Waals surface area (Å²) in [5.74, 6) is 0.266. The molecule has 0 atom stereocenters. The lowest BCUT2D eigenvalue weighted by molar-refractivity contribution is -0.118. The standard InChI is InChI=1S/C14H17NO2/c1-2-6-14(17)15-10-5-9-13(16)11-7-3-4-8-12(11)15/h3-4,7-8H,2,5-6,9-10H2,1H3. The Morgan fingerprint density at radius 1 is 1.35 bits per heavy atom. The molecule has 1 aromatic carbocycles. The number of fused-ring (bicyclic) bond motifs is 1. The molecule has 3 heteroatoms. The van der Waals surface area contributed by atoms with Crippen molar-refractivity contribution < 1.29 is 9.59 Å². The monoisotopic (exact) mass is 231 g/mol. The predicted octanol–water partition coefficient (Wildman–Crippen LogP) is 2.80. The second kappa shape index (κ2) is 5.13. The first-order chi connectivity index (χ1) is 8.24. The average Bonchev–Trinajstić information content (AvgIpc) is 2.50. The molecular weight excluding hydrogens is 214 g/mol. The SMILES string of the molecule is CCCC(=O)N1CCCC(=O)c2ccccc21. The Morgan fingerprint density at radius 2 is 2.12 bits per heavy atom. The molecule has 1 heterocycles. The minimum Gasteiger partial charge on any atom is -0.312 e. The molecule has 0 aromatic heterocycles. The quantitative estimate of drug-likeness (QED) is 0.784. The minimum atomic E-state index is 0.120. The molecule has 0 saturated carbocycles. The van der Waals surface area contributed by atoms with Crippen LogP contribution in [-0.4, -0.2) is 18.2 Å². The first-order valence-electron chi connectivity index (χ1n) is 6.16. The van der Waals surface area contributed by atoms with E-state index in [4.69, 9.17) is 0 Å². The number of anilines is 1. The van der Waals surface area contributed by atoms with Gasteiger partial charge in [-0.2, -0.15) is 0 Å². The Balaban J connectivity index is 2.38. The van der Waals surface area contributed by atoms with Crippen LogP contribution < -0.4 is 4.90 Å². The van der Waals surface area contributed by atoms with E-state index < -0.39 is 0 Å². The van der Waals surface area contributed by atoms with Crippen LogP contribution in [0.2, 0.25) is 0 Å². The van der Waals surface area contributed by atoms with Crippen molar-refractivity contribution >= 4 is 17.4 Å². The Labute approximate surface area is 101 Å². The first-order valence-corrected chi connectivity index (χ1v) is 6.16. The summed E-state index contributed by atoms with van der Waals surface area (Å²) in [5, 5.41) is 0. The highest BCUT2D eigenvalue weighted by atomic mass is 16.2. The summed E-state index contributed by atoms with van der Waals surface area (Å²) in [6.45, 7) is 2.65. The maximum Gasteiger partial charge on any atom is 0.226 e. The molecule has 1 amide bonds. The summed E-state index contributed by atoms with van der Waals surface area (Å²) >= 11 is 0. The molecular formula is C14H17NO2. The number of benzene rings is 1. The van der Waals surface area contributed by atoms with Gasteiger partial charge in [-0.05, 0) is 25.0 Å². The van der Waals surface area contributed by atoms with Gasteiger partial charge in [0.25, 0.3) is 0 Å². The van der Waals surface area contributed by atoms with Crippen LogP contribution in [0.4, 0.5) is 5.69 Å². The summed E-state index contributed by atoms with van der Waals surface area (Å²) in [7, 11) is 0. The van der Waals surface area contributed by atoms with Crippen LogP contribution in [0, 0.1) is 0 Å². The van der Waals surface area contributed by atoms with Crippen molar-refractivity contribution in [2.45, 2.75) is 32.6 Å². The zero-order chi connectivity index (χ0) is 12.3. The highest BCUT2D eigenvalue weighted by Crippen LogP contribution is 2.26. The normalized spacial score (nSPS) is 15.4. The molecule has 1 aromatic rings. The zero-order valence-electron chi connectivity index (χ0n) is 10.1. The molecule has 1 aliphatic rings. The molecule has 0 aliphatic carbocycles. The summed E-state index contributed by atoms with van der Waals surface area (Å²) in [6, 6.07) is 7.41. The molecule has 90 valence electrons. The van der Waals surface area contributed by atoms with Crippen molar-refractivity contribution in [2.24, 2.45) is 0 Å². The zero-order valence-corrected chi connectivity index (χ0v) is 10.1. The van der Waals surface area contributed by atoms with E-state index in [1.54, 1.807) is 4.90 Å². The van der Waals surface area contributed by atoms with Gasteiger partial charge >= 0.3 is 0 Å². The van der Waals surface area contributed by atoms with E-state index in [9.17, 15) is 9.59 Å². The first kappa shape index (κ1) is 11.8. The third kappa shape index (κ3) is 2.38. The molecule has 0 N–H and O–H groups in total. The minimum absolute atomic E-state index is 0.120. The molecule has 0 fully saturated rings. The maximum absolute atomic E-state index is 12.0. The Bertz CT molecular complexity index is 440. The Hall–Kier alpha value is -1.64. The van der Waals surface area contributed by atoms with Crippen molar-refractivity contribution in [2.75, 3.05) is 11.4 Å². The van der Waals surface area contributed by atoms with Gasteiger partial charge in [0.15, 0.2) is 5.78 Å². The van der Waals surface area contributed by atoms with E-state index in [1.165, 1.54) is 0 Å². The fourth-order valence-electron chi connectivity index (χ4n) is 2.21. The molecule has 0 spiro atoms. The van der Waals surface area contributed by atoms with Crippen molar-refractivity contribution in [1.29, 1.82) is 0 Å². The van der Waals surface area contributed by atoms with E-state index in [0.29, 0.717) is 24.9 Å². The van der Waals surface area contributed by atoms with E-state index in [1.807, 2.05) is 31.2 Å². The Kier molecular flexibility index (Phi) is 3.57. The molecule has 2 rings (SSSR count). The van der Waals surface area contributed by atoms with Gasteiger partial charge in [-0.25, -0.2) is 0 Å². The van der Waals surface area contributed by atoms with Gasteiger partial charge in [0, 0.05) is 24.9 Å². The van der Waals surface area contributed by atoms with Gasteiger partial charge in [-0.1, -0.05) is 19.1 Å². The van der Waals surface area contributed by atoms with Crippen molar-refractivity contribution in [1.82, 2.24) is 0 Å². The lowest BCUT2D eigenvalue weighted by Crippen LogP contribution is -2.31. The van der Waals surface area contributed by atoms with Gasteiger partial charge < -0.3 is 4.90 Å². The lowest BCUT2D eigenvalue weighted by atomic mass is 10.1. The van der Waals surface area contributed by atoms with E-state index >= 15 is 0 Å². The summed E-state index contributed by atoms with van der Waals surface area (Å²) in [6.07, 6.45) is 2.67. The van der Waals surface area contributed by atoms with E-state index in [0.717, 1.165) is 18.5 Å².